The van der Waals surface area contributed by atoms with Crippen LogP contribution in [-0.4, -0.2) is 23.2 Å². The number of nitrogens with one attached hydrogen (secondary N) is 1. The first kappa shape index (κ1) is 14.6. The van der Waals surface area contributed by atoms with Crippen molar-refractivity contribution in [3.05, 3.63) is 59.9 Å². The van der Waals surface area contributed by atoms with Crippen LogP contribution in [0.25, 0.3) is 0 Å². The predicted octanol–water partition coefficient (Wildman–Crippen LogP) is 2.84. The molecule has 0 spiro atoms. The summed E-state index contributed by atoms with van der Waals surface area (Å²) < 4.78 is 0. The molecule has 0 atom stereocenters. The van der Waals surface area contributed by atoms with Gasteiger partial charge in [-0.1, -0.05) is 24.3 Å². The number of rotatable bonds is 6. The van der Waals surface area contributed by atoms with E-state index >= 15 is 0 Å². The van der Waals surface area contributed by atoms with Crippen LogP contribution in [0.4, 0.5) is 0 Å². The number of pyridine rings is 1. The molecule has 1 N–H and O–H groups in total. The van der Waals surface area contributed by atoms with Crippen molar-refractivity contribution >= 4 is 17.7 Å². The number of hydrogen-bond acceptors (Lipinski definition) is 3. The van der Waals surface area contributed by atoms with Crippen LogP contribution < -0.4 is 5.32 Å². The molecule has 1 aromatic heterocycles. The SMILES string of the molecule is Cc1ccc(CCNC(=O)CSc2ccccc2)cn1. The van der Waals surface area contributed by atoms with Gasteiger partial charge in [-0.25, -0.2) is 0 Å². The number of carbonyl (C=O) groups is 1. The summed E-state index contributed by atoms with van der Waals surface area (Å²) in [6.45, 7) is 2.62. The van der Waals surface area contributed by atoms with Gasteiger partial charge >= 0.3 is 0 Å². The average molecular weight is 286 g/mol. The van der Waals surface area contributed by atoms with E-state index in [1.54, 1.807) is 11.8 Å². The summed E-state index contributed by atoms with van der Waals surface area (Å²) in [5, 5.41) is 2.93. The summed E-state index contributed by atoms with van der Waals surface area (Å²) in [6, 6.07) is 14.0. The number of aryl methyl sites for hydroxylation is 1. The minimum absolute atomic E-state index is 0.0684. The molecule has 20 heavy (non-hydrogen) atoms. The van der Waals surface area contributed by atoms with Crippen LogP contribution in [0.2, 0.25) is 0 Å². The van der Waals surface area contributed by atoms with E-state index < -0.39 is 0 Å². The topological polar surface area (TPSA) is 42.0 Å². The van der Waals surface area contributed by atoms with Gasteiger partial charge in [0, 0.05) is 23.3 Å². The first-order valence-corrected chi connectivity index (χ1v) is 7.59. The molecule has 0 radical (unpaired) electrons. The van der Waals surface area contributed by atoms with Crippen LogP contribution in [-0.2, 0) is 11.2 Å². The number of hydrogen-bond donors (Lipinski definition) is 1. The molecule has 3 nitrogen and oxygen atoms in total. The maximum absolute atomic E-state index is 11.7. The highest BCUT2D eigenvalue weighted by Gasteiger charge is 2.02. The summed E-state index contributed by atoms with van der Waals surface area (Å²) >= 11 is 1.55. The number of carbonyl (C=O) groups excluding carboxylic acids is 1. The van der Waals surface area contributed by atoms with Crippen molar-refractivity contribution in [1.29, 1.82) is 0 Å². The quantitative estimate of drug-likeness (QED) is 0.830. The number of benzene rings is 1. The van der Waals surface area contributed by atoms with Gasteiger partial charge in [0.2, 0.25) is 5.91 Å². The molecule has 0 aliphatic carbocycles. The summed E-state index contributed by atoms with van der Waals surface area (Å²) in [4.78, 5) is 17.1. The largest absolute Gasteiger partial charge is 0.355 e. The van der Waals surface area contributed by atoms with E-state index in [9.17, 15) is 4.79 Å². The normalized spacial score (nSPS) is 10.2. The third kappa shape index (κ3) is 5.05. The molecule has 1 amide bonds. The zero-order valence-electron chi connectivity index (χ0n) is 11.5. The average Bonchev–Trinajstić information content (AvgIpc) is 2.48. The smallest absolute Gasteiger partial charge is 0.230 e. The van der Waals surface area contributed by atoms with Gasteiger partial charge in [0.25, 0.3) is 0 Å². The van der Waals surface area contributed by atoms with E-state index in [1.165, 1.54) is 0 Å². The third-order valence-electron chi connectivity index (χ3n) is 2.82. The molecule has 0 saturated heterocycles. The lowest BCUT2D eigenvalue weighted by Crippen LogP contribution is -2.27. The summed E-state index contributed by atoms with van der Waals surface area (Å²) in [5.74, 6) is 0.523. The fraction of sp³-hybridized carbons (Fsp3) is 0.250. The highest BCUT2D eigenvalue weighted by molar-refractivity contribution is 8.00. The Morgan fingerprint density at radius 1 is 1.20 bits per heavy atom. The standard InChI is InChI=1S/C16H18N2OS/c1-13-7-8-14(11-18-13)9-10-17-16(19)12-20-15-5-3-2-4-6-15/h2-8,11H,9-10,12H2,1H3,(H,17,19). The molecule has 0 fully saturated rings. The predicted molar refractivity (Wildman–Crippen MR) is 82.9 cm³/mol. The molecule has 2 rings (SSSR count). The van der Waals surface area contributed by atoms with E-state index in [2.05, 4.69) is 10.3 Å². The molecule has 0 saturated carbocycles. The van der Waals surface area contributed by atoms with Crippen molar-refractivity contribution in [2.45, 2.75) is 18.2 Å². The molecule has 0 unspecified atom stereocenters. The number of nitrogens with zero attached hydrogens (tertiary/aromatic N) is 1. The molecule has 0 aliphatic heterocycles. The second-order valence-corrected chi connectivity index (χ2v) is 5.56. The summed E-state index contributed by atoms with van der Waals surface area (Å²) in [7, 11) is 0. The van der Waals surface area contributed by atoms with Crippen LogP contribution in [0.1, 0.15) is 11.3 Å². The second kappa shape index (κ2) is 7.70. The minimum Gasteiger partial charge on any atom is -0.355 e. The van der Waals surface area contributed by atoms with Crippen molar-refractivity contribution < 1.29 is 4.79 Å². The fourth-order valence-corrected chi connectivity index (χ4v) is 2.46. The van der Waals surface area contributed by atoms with Gasteiger partial charge in [0.1, 0.15) is 0 Å². The van der Waals surface area contributed by atoms with Crippen LogP contribution in [0.3, 0.4) is 0 Å². The van der Waals surface area contributed by atoms with E-state index in [-0.39, 0.29) is 5.91 Å². The lowest BCUT2D eigenvalue weighted by atomic mass is 10.2. The number of thioether (sulfide) groups is 1. The zero-order valence-corrected chi connectivity index (χ0v) is 12.3. The number of aromatic nitrogens is 1. The van der Waals surface area contributed by atoms with Crippen LogP contribution in [0.15, 0.2) is 53.6 Å². The van der Waals surface area contributed by atoms with Crippen molar-refractivity contribution in [3.8, 4) is 0 Å². The van der Waals surface area contributed by atoms with Crippen LogP contribution in [0.5, 0.6) is 0 Å². The van der Waals surface area contributed by atoms with Gasteiger partial charge in [0.05, 0.1) is 5.75 Å². The zero-order chi connectivity index (χ0) is 14.2. The van der Waals surface area contributed by atoms with Crippen molar-refractivity contribution in [2.75, 3.05) is 12.3 Å². The molecule has 2 aromatic rings. The van der Waals surface area contributed by atoms with Crippen molar-refractivity contribution in [3.63, 3.8) is 0 Å². The second-order valence-electron chi connectivity index (χ2n) is 4.51. The number of amides is 1. The molecule has 1 aromatic carbocycles. The first-order chi connectivity index (χ1) is 9.74. The first-order valence-electron chi connectivity index (χ1n) is 6.60. The van der Waals surface area contributed by atoms with Crippen LogP contribution in [0, 0.1) is 6.92 Å². The fourth-order valence-electron chi connectivity index (χ4n) is 1.71. The van der Waals surface area contributed by atoms with Gasteiger partial charge < -0.3 is 5.32 Å². The van der Waals surface area contributed by atoms with E-state index in [0.29, 0.717) is 12.3 Å². The summed E-state index contributed by atoms with van der Waals surface area (Å²) in [6.07, 6.45) is 2.68. The minimum atomic E-state index is 0.0684. The Morgan fingerprint density at radius 3 is 2.70 bits per heavy atom. The lowest BCUT2D eigenvalue weighted by Gasteiger charge is -2.05. The van der Waals surface area contributed by atoms with Gasteiger partial charge in [0.15, 0.2) is 0 Å². The molecule has 0 aliphatic rings. The maximum Gasteiger partial charge on any atom is 0.230 e. The molecule has 4 heteroatoms. The third-order valence-corrected chi connectivity index (χ3v) is 3.83. The lowest BCUT2D eigenvalue weighted by molar-refractivity contribution is -0.118. The Kier molecular flexibility index (Phi) is 5.62. The molecule has 0 bridgehead atoms. The highest BCUT2D eigenvalue weighted by atomic mass is 32.2. The van der Waals surface area contributed by atoms with E-state index in [0.717, 1.165) is 22.6 Å². The Bertz CT molecular complexity index is 540. The Balaban J connectivity index is 1.66. The Morgan fingerprint density at radius 2 is 2.00 bits per heavy atom. The van der Waals surface area contributed by atoms with Crippen molar-refractivity contribution in [1.82, 2.24) is 10.3 Å². The maximum atomic E-state index is 11.7. The molecular formula is C16H18N2OS. The van der Waals surface area contributed by atoms with Crippen LogP contribution >= 0.6 is 11.8 Å². The van der Waals surface area contributed by atoms with Gasteiger partial charge in [-0.3, -0.25) is 9.78 Å². The van der Waals surface area contributed by atoms with Gasteiger partial charge in [-0.2, -0.15) is 0 Å². The highest BCUT2D eigenvalue weighted by Crippen LogP contribution is 2.16. The molecule has 1 heterocycles. The molecule has 104 valence electrons. The molecular weight excluding hydrogens is 268 g/mol. The van der Waals surface area contributed by atoms with E-state index in [1.807, 2.05) is 55.6 Å². The van der Waals surface area contributed by atoms with Crippen molar-refractivity contribution in [2.24, 2.45) is 0 Å². The summed E-state index contributed by atoms with van der Waals surface area (Å²) in [5.41, 5.74) is 2.16. The Labute approximate surface area is 123 Å². The van der Waals surface area contributed by atoms with E-state index in [4.69, 9.17) is 0 Å². The van der Waals surface area contributed by atoms with Gasteiger partial charge in [-0.05, 0) is 37.1 Å². The Hall–Kier alpha value is -1.81. The van der Waals surface area contributed by atoms with Gasteiger partial charge in [-0.15, -0.1) is 11.8 Å². The monoisotopic (exact) mass is 286 g/mol.